The van der Waals surface area contributed by atoms with E-state index in [0.717, 1.165) is 84.0 Å². The number of hydrogen-bond acceptors (Lipinski definition) is 9. The van der Waals surface area contributed by atoms with Crippen LogP contribution in [0.3, 0.4) is 0 Å². The van der Waals surface area contributed by atoms with Gasteiger partial charge < -0.3 is 0 Å². The van der Waals surface area contributed by atoms with E-state index in [1.807, 2.05) is 12.1 Å². The first-order chi connectivity index (χ1) is 19.1. The van der Waals surface area contributed by atoms with Gasteiger partial charge in [0.05, 0.1) is 0 Å². The van der Waals surface area contributed by atoms with E-state index in [0.29, 0.717) is 0 Å². The van der Waals surface area contributed by atoms with Crippen LogP contribution in [0.15, 0.2) is 37.8 Å². The molecule has 6 aliphatic rings. The van der Waals surface area contributed by atoms with Crippen LogP contribution >= 0.6 is 22.5 Å². The minimum absolute atomic E-state index is 0.174. The second-order valence-electron chi connectivity index (χ2n) is 11.8. The maximum Gasteiger partial charge on any atom is 0.221 e. The van der Waals surface area contributed by atoms with Gasteiger partial charge in [-0.15, -0.1) is 0 Å². The Morgan fingerprint density at radius 1 is 0.590 bits per heavy atom. The second kappa shape index (κ2) is 11.4. The Bertz CT molecular complexity index is 1120. The summed E-state index contributed by atoms with van der Waals surface area (Å²) < 4.78 is 45.7. The third-order valence-electron chi connectivity index (χ3n) is 9.17. The van der Waals surface area contributed by atoms with Gasteiger partial charge in [0, 0.05) is 72.0 Å². The van der Waals surface area contributed by atoms with Crippen molar-refractivity contribution in [3.05, 3.63) is 35.6 Å². The molecular formula is C26H45FN9P3. The Labute approximate surface area is 234 Å². The van der Waals surface area contributed by atoms with Gasteiger partial charge >= 0.3 is 0 Å². The van der Waals surface area contributed by atoms with Gasteiger partial charge in [0.25, 0.3) is 0 Å². The monoisotopic (exact) mass is 595 g/mol. The van der Waals surface area contributed by atoms with Crippen molar-refractivity contribution >= 4 is 22.5 Å². The lowest BCUT2D eigenvalue weighted by molar-refractivity contribution is 0.401. The van der Waals surface area contributed by atoms with Crippen LogP contribution in [0, 0.1) is 5.82 Å². The number of halogens is 1. The molecule has 1 aromatic rings. The smallest absolute Gasteiger partial charge is 0.221 e. The summed E-state index contributed by atoms with van der Waals surface area (Å²) in [5, 5.41) is 4.04. The van der Waals surface area contributed by atoms with Crippen LogP contribution in [-0.2, 0) is 6.54 Å². The van der Waals surface area contributed by atoms with E-state index >= 15 is 0 Å². The van der Waals surface area contributed by atoms with Crippen LogP contribution < -0.4 is 5.09 Å². The maximum absolute atomic E-state index is 13.8. The highest BCUT2D eigenvalue weighted by molar-refractivity contribution is 7.83. The van der Waals surface area contributed by atoms with Crippen molar-refractivity contribution in [2.45, 2.75) is 64.3 Å². The fraction of sp³-hybridized carbons (Fsp3) is 0.769. The highest BCUT2D eigenvalue weighted by Crippen LogP contribution is 2.83. The lowest BCUT2D eigenvalue weighted by atomic mass is 10.2. The third-order valence-corrected chi connectivity index (χ3v) is 21.4. The zero-order chi connectivity index (χ0) is 26.3. The SMILES string of the molecule is Fc1ccc(CN2CCCNP23=NP(N2CCCC2)(N2CCCC2)=NP(N2CCCC2)(N2CCCC2)=N3)cc1. The van der Waals surface area contributed by atoms with E-state index in [1.165, 1.54) is 51.4 Å². The Balaban J connectivity index is 1.47. The summed E-state index contributed by atoms with van der Waals surface area (Å²) in [7, 11) is -7.09. The van der Waals surface area contributed by atoms with E-state index in [9.17, 15) is 4.39 Å². The first-order valence-corrected chi connectivity index (χ1v) is 20.2. The van der Waals surface area contributed by atoms with Crippen LogP contribution in [0.2, 0.25) is 0 Å². The van der Waals surface area contributed by atoms with Gasteiger partial charge in [-0.25, -0.2) is 27.7 Å². The van der Waals surface area contributed by atoms with Crippen molar-refractivity contribution in [1.29, 1.82) is 0 Å². The minimum atomic E-state index is -2.45. The van der Waals surface area contributed by atoms with Gasteiger partial charge in [0.15, 0.2) is 0 Å². The summed E-state index contributed by atoms with van der Waals surface area (Å²) >= 11 is 0. The molecule has 1 aromatic carbocycles. The summed E-state index contributed by atoms with van der Waals surface area (Å²) in [5.41, 5.74) is 1.14. The third kappa shape index (κ3) is 5.00. The predicted molar refractivity (Wildman–Crippen MR) is 161 cm³/mol. The molecule has 0 radical (unpaired) electrons. The molecule has 1 spiro atoms. The van der Waals surface area contributed by atoms with Crippen molar-refractivity contribution in [2.75, 3.05) is 65.4 Å². The zero-order valence-corrected chi connectivity index (χ0v) is 25.9. The molecule has 13 heteroatoms. The molecule has 1 unspecified atom stereocenters. The molecule has 6 heterocycles. The topological polar surface area (TPSA) is 65.3 Å². The lowest BCUT2D eigenvalue weighted by Gasteiger charge is -2.50. The van der Waals surface area contributed by atoms with Crippen molar-refractivity contribution in [3.63, 3.8) is 0 Å². The molecule has 9 nitrogen and oxygen atoms in total. The van der Waals surface area contributed by atoms with E-state index < -0.39 is 22.5 Å². The lowest BCUT2D eigenvalue weighted by Crippen LogP contribution is -2.38. The van der Waals surface area contributed by atoms with Crippen LogP contribution in [0.25, 0.3) is 0 Å². The average molecular weight is 596 g/mol. The van der Waals surface area contributed by atoms with Crippen molar-refractivity contribution in [2.24, 2.45) is 13.5 Å². The van der Waals surface area contributed by atoms with Gasteiger partial charge in [0.1, 0.15) is 5.82 Å². The highest BCUT2D eigenvalue weighted by atomic mass is 31.3. The summed E-state index contributed by atoms with van der Waals surface area (Å²) in [4.78, 5) is 0. The van der Waals surface area contributed by atoms with Crippen LogP contribution in [0.5, 0.6) is 0 Å². The maximum atomic E-state index is 13.8. The molecule has 39 heavy (non-hydrogen) atoms. The molecule has 1 atom stereocenters. The summed E-state index contributed by atoms with van der Waals surface area (Å²) in [6, 6.07) is 7.09. The first kappa shape index (κ1) is 27.4. The van der Waals surface area contributed by atoms with Gasteiger partial charge in [-0.1, -0.05) is 12.1 Å². The van der Waals surface area contributed by atoms with E-state index in [2.05, 4.69) is 28.4 Å². The molecule has 7 rings (SSSR count). The van der Waals surface area contributed by atoms with Crippen molar-refractivity contribution < 1.29 is 4.39 Å². The number of rotatable bonds is 6. The number of hydrogen-bond donors (Lipinski definition) is 1. The second-order valence-corrected chi connectivity index (χ2v) is 20.4. The van der Waals surface area contributed by atoms with Crippen LogP contribution in [-0.4, -0.2) is 88.8 Å². The standard InChI is InChI=1S/C26H45FN9P3/c27-26-12-10-25(11-13-26)24-36-23-9-14-28-37(36)29-38(32-15-1-2-16-32,33-17-3-4-18-33)31-39(30-37,34-19-5-6-20-34)35-21-7-8-22-35/h10-13,28H,1-9,14-24H2. The first-order valence-electron chi connectivity index (χ1n) is 15.3. The Morgan fingerprint density at radius 2 is 1.05 bits per heavy atom. The molecule has 0 saturated carbocycles. The van der Waals surface area contributed by atoms with Gasteiger partial charge in [-0.05, 0) is 75.5 Å². The molecule has 0 bridgehead atoms. The average Bonchev–Trinajstić information content (AvgIpc) is 3.79. The largest absolute Gasteiger partial charge is 0.253 e. The molecule has 0 amide bonds. The number of benzene rings is 1. The quantitative estimate of drug-likeness (QED) is 0.363. The Kier molecular flexibility index (Phi) is 7.99. The molecule has 1 N–H and O–H groups in total. The summed E-state index contributed by atoms with van der Waals surface area (Å²) in [5.74, 6) is -0.174. The molecular weight excluding hydrogens is 550 g/mol. The normalized spacial score (nSPS) is 32.4. The summed E-state index contributed by atoms with van der Waals surface area (Å²) in [6.07, 6.45) is 11.0. The molecule has 0 aromatic heterocycles. The highest BCUT2D eigenvalue weighted by Gasteiger charge is 2.51. The van der Waals surface area contributed by atoms with Gasteiger partial charge in [-0.2, -0.15) is 13.5 Å². The number of nitrogens with zero attached hydrogens (tertiary/aromatic N) is 8. The van der Waals surface area contributed by atoms with Crippen molar-refractivity contribution in [3.8, 4) is 0 Å². The minimum Gasteiger partial charge on any atom is -0.253 e. The molecule has 6 aliphatic heterocycles. The number of nitrogens with one attached hydrogen (secondary N) is 1. The molecule has 216 valence electrons. The van der Waals surface area contributed by atoms with E-state index in [-0.39, 0.29) is 5.82 Å². The predicted octanol–water partition coefficient (Wildman–Crippen LogP) is 6.86. The van der Waals surface area contributed by atoms with Gasteiger partial charge in [-0.3, -0.25) is 5.09 Å². The molecule has 5 saturated heterocycles. The Hall–Kier alpha value is -0.400. The fourth-order valence-electron chi connectivity index (χ4n) is 7.12. The van der Waals surface area contributed by atoms with Crippen LogP contribution in [0.4, 0.5) is 4.39 Å². The van der Waals surface area contributed by atoms with Crippen molar-refractivity contribution in [1.82, 2.24) is 28.4 Å². The fourth-order valence-corrected chi connectivity index (χ4v) is 22.9. The molecule has 5 fully saturated rings. The van der Waals surface area contributed by atoms with Crippen LogP contribution in [0.1, 0.15) is 63.4 Å². The molecule has 0 aliphatic carbocycles. The van der Waals surface area contributed by atoms with E-state index in [1.54, 1.807) is 12.1 Å². The Morgan fingerprint density at radius 3 is 1.54 bits per heavy atom. The zero-order valence-electron chi connectivity index (χ0n) is 23.2. The van der Waals surface area contributed by atoms with Gasteiger partial charge in [0.2, 0.25) is 22.5 Å². The van der Waals surface area contributed by atoms with E-state index in [4.69, 9.17) is 13.5 Å². The summed E-state index contributed by atoms with van der Waals surface area (Å²) in [6.45, 7) is 11.5.